The molecule has 0 bridgehead atoms. The second-order valence-corrected chi connectivity index (χ2v) is 7.79. The van der Waals surface area contributed by atoms with Crippen molar-refractivity contribution in [1.29, 1.82) is 0 Å². The number of hydrogen-bond donors (Lipinski definition) is 1. The Hall–Kier alpha value is -2.43. The van der Waals surface area contributed by atoms with E-state index in [2.05, 4.69) is 4.99 Å². The van der Waals surface area contributed by atoms with Crippen molar-refractivity contribution in [3.05, 3.63) is 45.0 Å². The third-order valence-electron chi connectivity index (χ3n) is 4.28. The molecule has 0 radical (unpaired) electrons. The van der Waals surface area contributed by atoms with Crippen molar-refractivity contribution in [2.45, 2.75) is 26.1 Å². The van der Waals surface area contributed by atoms with Crippen LogP contribution in [0.5, 0.6) is 0 Å². The summed E-state index contributed by atoms with van der Waals surface area (Å²) in [6.07, 6.45) is 1.27. The number of halogens is 2. The van der Waals surface area contributed by atoms with Crippen molar-refractivity contribution in [1.82, 2.24) is 4.57 Å². The lowest BCUT2D eigenvalue weighted by atomic mass is 10.1. The number of aliphatic imine (C=N–C) groups is 1. The number of nitrogens with zero attached hydrogens (tertiary/aromatic N) is 2. The maximum Gasteiger partial charge on any atom is 0.362 e. The molecule has 0 saturated heterocycles. The molecule has 1 unspecified atom stereocenters. The monoisotopic (exact) mass is 456 g/mol. The molecule has 1 aliphatic rings. The minimum atomic E-state index is -2.02. The van der Waals surface area contributed by atoms with Crippen molar-refractivity contribution in [2.75, 3.05) is 19.0 Å². The van der Waals surface area contributed by atoms with Gasteiger partial charge in [0, 0.05) is 11.6 Å². The van der Waals surface area contributed by atoms with E-state index >= 15 is 0 Å². The summed E-state index contributed by atoms with van der Waals surface area (Å²) >= 11 is 7.00. The van der Waals surface area contributed by atoms with Gasteiger partial charge in [0.05, 0.1) is 41.1 Å². The fourth-order valence-electron chi connectivity index (χ4n) is 2.90. The fraction of sp³-hybridized carbons (Fsp3) is 0.368. The van der Waals surface area contributed by atoms with Crippen LogP contribution in [0.3, 0.4) is 0 Å². The Labute approximate surface area is 179 Å². The Morgan fingerprint density at radius 1 is 1.33 bits per heavy atom. The molecule has 1 aromatic heterocycles. The molecule has 11 heteroatoms. The molecule has 30 heavy (non-hydrogen) atoms. The van der Waals surface area contributed by atoms with E-state index in [1.807, 2.05) is 0 Å². The van der Waals surface area contributed by atoms with Crippen LogP contribution in [0.2, 0.25) is 5.02 Å². The predicted molar refractivity (Wildman–Crippen MR) is 111 cm³/mol. The van der Waals surface area contributed by atoms with Crippen molar-refractivity contribution in [3.8, 4) is 0 Å². The van der Waals surface area contributed by atoms with Crippen LogP contribution in [0.4, 0.5) is 4.39 Å². The molecule has 0 aliphatic carbocycles. The zero-order chi connectivity index (χ0) is 22.1. The quantitative estimate of drug-likeness (QED) is 0.665. The number of carbonyl (C=O) groups is 2. The lowest BCUT2D eigenvalue weighted by Crippen LogP contribution is -2.38. The van der Waals surface area contributed by atoms with Gasteiger partial charge in [0.2, 0.25) is 5.43 Å². The van der Waals surface area contributed by atoms with Gasteiger partial charge in [0.1, 0.15) is 11.4 Å². The molecule has 0 saturated carbocycles. The molecule has 0 fully saturated rings. The fourth-order valence-corrected chi connectivity index (χ4v) is 4.06. The van der Waals surface area contributed by atoms with Gasteiger partial charge < -0.3 is 19.1 Å². The number of benzene rings is 1. The highest BCUT2D eigenvalue weighted by Crippen LogP contribution is 2.29. The van der Waals surface area contributed by atoms with Gasteiger partial charge in [-0.05, 0) is 26.0 Å². The summed E-state index contributed by atoms with van der Waals surface area (Å²) in [4.78, 5) is 40.9. The van der Waals surface area contributed by atoms with Crippen LogP contribution in [0.15, 0.2) is 28.1 Å². The van der Waals surface area contributed by atoms with E-state index in [0.29, 0.717) is 5.04 Å². The first kappa shape index (κ1) is 22.3. The van der Waals surface area contributed by atoms with Gasteiger partial charge in [-0.1, -0.05) is 11.6 Å². The third kappa shape index (κ3) is 4.21. The smallest absolute Gasteiger partial charge is 0.362 e. The Balaban J connectivity index is 2.10. The second kappa shape index (κ2) is 8.75. The third-order valence-corrected chi connectivity index (χ3v) is 5.67. The Kier molecular flexibility index (Phi) is 6.49. The summed E-state index contributed by atoms with van der Waals surface area (Å²) < 4.78 is 25.2. The number of fused-ring (bicyclic) bond motifs is 1. The van der Waals surface area contributed by atoms with E-state index in [4.69, 9.17) is 21.1 Å². The van der Waals surface area contributed by atoms with Crippen molar-refractivity contribution in [2.24, 2.45) is 4.99 Å². The molecule has 2 aromatic rings. The number of hydrogen-bond acceptors (Lipinski definition) is 8. The molecule has 3 rings (SSSR count). The van der Waals surface area contributed by atoms with Gasteiger partial charge in [-0.3, -0.25) is 4.79 Å². The average Bonchev–Trinajstić information content (AvgIpc) is 3.08. The van der Waals surface area contributed by atoms with E-state index in [1.165, 1.54) is 16.8 Å². The normalized spacial score (nSPS) is 18.4. The van der Waals surface area contributed by atoms with Gasteiger partial charge in [-0.15, -0.1) is 11.8 Å². The Morgan fingerprint density at radius 3 is 2.70 bits per heavy atom. The van der Waals surface area contributed by atoms with Gasteiger partial charge in [-0.2, -0.15) is 0 Å². The van der Waals surface area contributed by atoms with E-state index < -0.39 is 28.9 Å². The first-order valence-corrected chi connectivity index (χ1v) is 10.4. The number of aliphatic hydroxyl groups is 1. The number of pyridine rings is 1. The zero-order valence-electron chi connectivity index (χ0n) is 16.1. The summed E-state index contributed by atoms with van der Waals surface area (Å²) in [6, 6.07) is 2.22. The maximum atomic E-state index is 14.0. The molecule has 0 spiro atoms. The van der Waals surface area contributed by atoms with E-state index in [9.17, 15) is 23.9 Å². The zero-order valence-corrected chi connectivity index (χ0v) is 17.7. The van der Waals surface area contributed by atoms with Crippen LogP contribution in [0, 0.1) is 5.82 Å². The van der Waals surface area contributed by atoms with Crippen molar-refractivity contribution in [3.63, 3.8) is 0 Å². The Bertz CT molecular complexity index is 1120. The molecular weight excluding hydrogens is 439 g/mol. The first-order chi connectivity index (χ1) is 14.2. The maximum absolute atomic E-state index is 14.0. The second-order valence-electron chi connectivity index (χ2n) is 6.34. The lowest BCUT2D eigenvalue weighted by molar-refractivity contribution is -0.161. The molecular formula is C19H18ClFN2O6S. The number of thioether (sulfide) groups is 1. The molecule has 1 aromatic carbocycles. The van der Waals surface area contributed by atoms with Gasteiger partial charge in [-0.25, -0.2) is 19.0 Å². The van der Waals surface area contributed by atoms with Crippen molar-refractivity contribution >= 4 is 51.2 Å². The standard InChI is InChI=1S/C19H18ClFN2O6S/c1-3-28-17(25)11-7-23(14-6-12(20)13(21)5-10(14)16(11)24)8-15-22-19(27,9-30-15)18(26)29-4-2/h5-7,27H,3-4,8-9H2,1-2H3. The summed E-state index contributed by atoms with van der Waals surface area (Å²) in [5, 5.41) is 10.5. The topological polar surface area (TPSA) is 107 Å². The molecule has 0 amide bonds. The van der Waals surface area contributed by atoms with Crippen LogP contribution >= 0.6 is 23.4 Å². The largest absolute Gasteiger partial charge is 0.462 e. The molecule has 160 valence electrons. The molecule has 1 aliphatic heterocycles. The predicted octanol–water partition coefficient (Wildman–Crippen LogP) is 2.37. The average molecular weight is 457 g/mol. The van der Waals surface area contributed by atoms with Crippen LogP contribution in [-0.4, -0.2) is 51.3 Å². The van der Waals surface area contributed by atoms with Gasteiger partial charge >= 0.3 is 11.9 Å². The highest BCUT2D eigenvalue weighted by Gasteiger charge is 2.42. The van der Waals surface area contributed by atoms with E-state index in [-0.39, 0.29) is 47.0 Å². The molecule has 2 heterocycles. The number of aromatic nitrogens is 1. The summed E-state index contributed by atoms with van der Waals surface area (Å²) in [5.74, 6) is -2.57. The van der Waals surface area contributed by atoms with Crippen LogP contribution < -0.4 is 5.43 Å². The van der Waals surface area contributed by atoms with Crippen LogP contribution in [0.25, 0.3) is 10.9 Å². The van der Waals surface area contributed by atoms with E-state index in [0.717, 1.165) is 17.8 Å². The highest BCUT2D eigenvalue weighted by molar-refractivity contribution is 8.14. The van der Waals surface area contributed by atoms with Gasteiger partial charge in [0.15, 0.2) is 0 Å². The number of esters is 2. The highest BCUT2D eigenvalue weighted by atomic mass is 35.5. The lowest BCUT2D eigenvalue weighted by Gasteiger charge is -2.15. The minimum absolute atomic E-state index is 0.00245. The van der Waals surface area contributed by atoms with Crippen LogP contribution in [-0.2, 0) is 20.8 Å². The summed E-state index contributed by atoms with van der Waals surface area (Å²) in [6.45, 7) is 3.35. The molecule has 1 atom stereocenters. The number of carbonyl (C=O) groups excluding carboxylic acids is 2. The number of rotatable bonds is 6. The van der Waals surface area contributed by atoms with Crippen LogP contribution in [0.1, 0.15) is 24.2 Å². The first-order valence-electron chi connectivity index (χ1n) is 9.00. The van der Waals surface area contributed by atoms with Crippen molar-refractivity contribution < 1.29 is 28.6 Å². The van der Waals surface area contributed by atoms with E-state index in [1.54, 1.807) is 13.8 Å². The number of ether oxygens (including phenoxy) is 2. The summed E-state index contributed by atoms with van der Waals surface area (Å²) in [7, 11) is 0. The molecule has 1 N–H and O–H groups in total. The Morgan fingerprint density at radius 2 is 2.03 bits per heavy atom. The summed E-state index contributed by atoms with van der Waals surface area (Å²) in [5.41, 5.74) is -2.73. The minimum Gasteiger partial charge on any atom is -0.462 e. The SMILES string of the molecule is CCOC(=O)c1cn(CC2=NC(O)(C(=O)OCC)CS2)c2cc(Cl)c(F)cc2c1=O. The van der Waals surface area contributed by atoms with Gasteiger partial charge in [0.25, 0.3) is 5.72 Å². The molecule has 8 nitrogen and oxygen atoms in total.